The second kappa shape index (κ2) is 1.80. The highest BCUT2D eigenvalue weighted by Gasteiger charge is 1.99. The highest BCUT2D eigenvalue weighted by molar-refractivity contribution is 5.77. The summed E-state index contributed by atoms with van der Waals surface area (Å²) in [6.07, 6.45) is 3.33. The lowest BCUT2D eigenvalue weighted by Gasteiger charge is -1.88. The van der Waals surface area contributed by atoms with Crippen molar-refractivity contribution >= 4 is 11.0 Å². The van der Waals surface area contributed by atoms with E-state index in [2.05, 4.69) is 10.2 Å². The lowest BCUT2D eigenvalue weighted by molar-refractivity contribution is 0.609. The molecule has 0 aliphatic heterocycles. The molecule has 0 amide bonds. The first-order valence-electron chi connectivity index (χ1n) is 3.03. The van der Waals surface area contributed by atoms with Crippen molar-refractivity contribution in [2.75, 3.05) is 0 Å². The quantitative estimate of drug-likeness (QED) is 0.548. The molecule has 0 fully saturated rings. The molecule has 0 saturated heterocycles. The number of aromatic nitrogens is 2. The van der Waals surface area contributed by atoms with Gasteiger partial charge in [-0.2, -0.15) is 10.2 Å². The molecule has 0 radical (unpaired) electrons. The summed E-state index contributed by atoms with van der Waals surface area (Å²) in [5.74, 6) is 0. The van der Waals surface area contributed by atoms with E-state index >= 15 is 0 Å². The molecule has 2 rings (SSSR count). The molecule has 0 bridgehead atoms. The van der Waals surface area contributed by atoms with Crippen LogP contribution in [0.4, 0.5) is 0 Å². The van der Waals surface area contributed by atoms with Gasteiger partial charge >= 0.3 is 0 Å². The van der Waals surface area contributed by atoms with E-state index in [1.54, 1.807) is 12.5 Å². The molecular formula is C7H6N2O. The number of nitrogens with zero attached hydrogens (tertiary/aromatic N) is 2. The number of hydrogen-bond acceptors (Lipinski definition) is 3. The molecule has 3 nitrogen and oxygen atoms in total. The van der Waals surface area contributed by atoms with Crippen LogP contribution in [0.5, 0.6) is 0 Å². The van der Waals surface area contributed by atoms with Crippen molar-refractivity contribution in [1.29, 1.82) is 0 Å². The summed E-state index contributed by atoms with van der Waals surface area (Å²) in [6.45, 7) is 1.87. The molecule has 0 atom stereocenters. The molecule has 2 heterocycles. The topological polar surface area (TPSA) is 38.9 Å². The highest BCUT2D eigenvalue weighted by atomic mass is 16.3. The van der Waals surface area contributed by atoms with Gasteiger partial charge in [0.05, 0.1) is 12.5 Å². The van der Waals surface area contributed by atoms with Gasteiger partial charge in [0, 0.05) is 5.39 Å². The third-order valence-electron chi connectivity index (χ3n) is 1.43. The fourth-order valence-electron chi connectivity index (χ4n) is 0.938. The summed E-state index contributed by atoms with van der Waals surface area (Å²) >= 11 is 0. The highest BCUT2D eigenvalue weighted by Crippen LogP contribution is 2.14. The first-order valence-corrected chi connectivity index (χ1v) is 3.03. The maximum absolute atomic E-state index is 5.15. The molecule has 0 saturated carbocycles. The number of hydrogen-bond donors (Lipinski definition) is 0. The van der Waals surface area contributed by atoms with Gasteiger partial charge in [-0.05, 0) is 13.0 Å². The third kappa shape index (κ3) is 0.603. The van der Waals surface area contributed by atoms with Crippen LogP contribution in [0.15, 0.2) is 22.9 Å². The predicted octanol–water partition coefficient (Wildman–Crippen LogP) is 1.53. The summed E-state index contributed by atoms with van der Waals surface area (Å²) in [7, 11) is 0. The Bertz CT molecular complexity index is 353. The fourth-order valence-corrected chi connectivity index (χ4v) is 0.938. The van der Waals surface area contributed by atoms with Crippen molar-refractivity contribution in [3.05, 3.63) is 24.2 Å². The lowest BCUT2D eigenvalue weighted by atomic mass is 10.3. The van der Waals surface area contributed by atoms with E-state index in [1.807, 2.05) is 13.0 Å². The normalized spacial score (nSPS) is 10.5. The van der Waals surface area contributed by atoms with Gasteiger partial charge in [0.25, 0.3) is 0 Å². The molecule has 0 unspecified atom stereocenters. The molecule has 2 aromatic rings. The first-order chi connectivity index (χ1) is 4.88. The van der Waals surface area contributed by atoms with E-state index < -0.39 is 0 Å². The Balaban J connectivity index is 2.95. The first kappa shape index (κ1) is 5.41. The second-order valence-electron chi connectivity index (χ2n) is 2.14. The molecule has 10 heavy (non-hydrogen) atoms. The Kier molecular flexibility index (Phi) is 0.974. The van der Waals surface area contributed by atoms with Crippen molar-refractivity contribution in [1.82, 2.24) is 10.2 Å². The summed E-state index contributed by atoms with van der Waals surface area (Å²) in [5.41, 5.74) is 1.66. The Hall–Kier alpha value is -1.38. The van der Waals surface area contributed by atoms with Crippen molar-refractivity contribution < 1.29 is 4.42 Å². The van der Waals surface area contributed by atoms with E-state index in [4.69, 9.17) is 4.42 Å². The van der Waals surface area contributed by atoms with Crippen LogP contribution in [0, 0.1) is 6.92 Å². The maximum Gasteiger partial charge on any atom is 0.158 e. The van der Waals surface area contributed by atoms with Crippen LogP contribution in [0.2, 0.25) is 0 Å². The molecule has 3 heteroatoms. The van der Waals surface area contributed by atoms with Crippen LogP contribution in [-0.4, -0.2) is 10.2 Å². The second-order valence-corrected chi connectivity index (χ2v) is 2.14. The summed E-state index contributed by atoms with van der Waals surface area (Å²) in [6, 6.07) is 1.87. The molecule has 0 aliphatic rings. The van der Waals surface area contributed by atoms with Crippen LogP contribution >= 0.6 is 0 Å². The Morgan fingerprint density at radius 3 is 3.20 bits per heavy atom. The summed E-state index contributed by atoms with van der Waals surface area (Å²) < 4.78 is 5.15. The molecule has 50 valence electrons. The van der Waals surface area contributed by atoms with Crippen molar-refractivity contribution in [3.8, 4) is 0 Å². The van der Waals surface area contributed by atoms with Crippen LogP contribution in [0.3, 0.4) is 0 Å². The van der Waals surface area contributed by atoms with Crippen molar-refractivity contribution in [2.24, 2.45) is 0 Å². The van der Waals surface area contributed by atoms with Crippen LogP contribution in [0.1, 0.15) is 5.69 Å². The minimum Gasteiger partial charge on any atom is -0.462 e. The average molecular weight is 134 g/mol. The lowest BCUT2D eigenvalue weighted by Crippen LogP contribution is -1.83. The zero-order chi connectivity index (χ0) is 6.97. The Morgan fingerprint density at radius 2 is 2.40 bits per heavy atom. The van der Waals surface area contributed by atoms with Gasteiger partial charge in [-0.15, -0.1) is 0 Å². The minimum absolute atomic E-state index is 0.829. The van der Waals surface area contributed by atoms with E-state index in [-0.39, 0.29) is 0 Å². The van der Waals surface area contributed by atoms with Crippen molar-refractivity contribution in [2.45, 2.75) is 6.92 Å². The van der Waals surface area contributed by atoms with E-state index in [1.165, 1.54) is 0 Å². The molecule has 0 aliphatic carbocycles. The van der Waals surface area contributed by atoms with E-state index in [0.29, 0.717) is 0 Å². The molecule has 0 aromatic carbocycles. The van der Waals surface area contributed by atoms with Crippen LogP contribution in [-0.2, 0) is 0 Å². The van der Waals surface area contributed by atoms with Gasteiger partial charge < -0.3 is 4.42 Å². The molecule has 2 aromatic heterocycles. The van der Waals surface area contributed by atoms with Gasteiger partial charge in [0.15, 0.2) is 5.58 Å². The van der Waals surface area contributed by atoms with E-state index in [9.17, 15) is 0 Å². The van der Waals surface area contributed by atoms with Crippen LogP contribution in [0.25, 0.3) is 11.0 Å². The zero-order valence-electron chi connectivity index (χ0n) is 5.53. The number of aryl methyl sites for hydroxylation is 1. The largest absolute Gasteiger partial charge is 0.462 e. The number of rotatable bonds is 0. The Morgan fingerprint density at radius 1 is 1.50 bits per heavy atom. The molecular weight excluding hydrogens is 128 g/mol. The third-order valence-corrected chi connectivity index (χ3v) is 1.43. The van der Waals surface area contributed by atoms with Gasteiger partial charge in [-0.3, -0.25) is 0 Å². The SMILES string of the molecule is Cc1nncc2ccoc12. The van der Waals surface area contributed by atoms with Crippen molar-refractivity contribution in [3.63, 3.8) is 0 Å². The van der Waals surface area contributed by atoms with Crippen LogP contribution < -0.4 is 0 Å². The van der Waals surface area contributed by atoms with Gasteiger partial charge in [0.2, 0.25) is 0 Å². The minimum atomic E-state index is 0.829. The summed E-state index contributed by atoms with van der Waals surface area (Å²) in [4.78, 5) is 0. The standard InChI is InChI=1S/C7H6N2O/c1-5-7-6(2-3-10-7)4-8-9-5/h2-4H,1H3. The van der Waals surface area contributed by atoms with Gasteiger partial charge in [-0.1, -0.05) is 0 Å². The monoisotopic (exact) mass is 134 g/mol. The zero-order valence-corrected chi connectivity index (χ0v) is 5.53. The molecule has 0 spiro atoms. The summed E-state index contributed by atoms with van der Waals surface area (Å²) in [5, 5.41) is 8.62. The Labute approximate surface area is 57.7 Å². The molecule has 0 N–H and O–H groups in total. The smallest absolute Gasteiger partial charge is 0.158 e. The number of fused-ring (bicyclic) bond motifs is 1. The van der Waals surface area contributed by atoms with Gasteiger partial charge in [-0.25, -0.2) is 0 Å². The predicted molar refractivity (Wildman–Crippen MR) is 36.5 cm³/mol. The maximum atomic E-state index is 5.15. The average Bonchev–Trinajstić information content (AvgIpc) is 2.36. The van der Waals surface area contributed by atoms with E-state index in [0.717, 1.165) is 16.7 Å². The fraction of sp³-hybridized carbons (Fsp3) is 0.143. The van der Waals surface area contributed by atoms with Gasteiger partial charge in [0.1, 0.15) is 5.69 Å². The number of furan rings is 1.